The maximum atomic E-state index is 11.7. The van der Waals surface area contributed by atoms with E-state index in [0.717, 1.165) is 18.8 Å². The summed E-state index contributed by atoms with van der Waals surface area (Å²) in [7, 11) is -3.07. The molecule has 6 heteroatoms. The summed E-state index contributed by atoms with van der Waals surface area (Å²) in [5.41, 5.74) is 0. The summed E-state index contributed by atoms with van der Waals surface area (Å²) < 4.78 is 23.5. The van der Waals surface area contributed by atoms with Gasteiger partial charge in [0.15, 0.2) is 9.84 Å². The van der Waals surface area contributed by atoms with Gasteiger partial charge in [-0.3, -0.25) is 9.69 Å². The van der Waals surface area contributed by atoms with Crippen LogP contribution in [0.25, 0.3) is 0 Å². The van der Waals surface area contributed by atoms with E-state index in [1.807, 2.05) is 0 Å². The van der Waals surface area contributed by atoms with Gasteiger partial charge in [0.2, 0.25) is 0 Å². The smallest absolute Gasteiger partial charge is 0.304 e. The number of hydrogen-bond acceptors (Lipinski definition) is 4. The quantitative estimate of drug-likeness (QED) is 0.852. The van der Waals surface area contributed by atoms with Crippen LogP contribution in [-0.2, 0) is 14.6 Å². The van der Waals surface area contributed by atoms with E-state index in [2.05, 4.69) is 11.8 Å². The SMILES string of the molecule is CCC1CCC(N2CCS(=O)(=O)CC2CC(=O)O)CC1. The number of carboxylic acids is 1. The van der Waals surface area contributed by atoms with Crippen LogP contribution >= 0.6 is 0 Å². The lowest BCUT2D eigenvalue weighted by Crippen LogP contribution is -2.54. The molecular weight excluding hydrogens is 278 g/mol. The number of sulfone groups is 1. The summed E-state index contributed by atoms with van der Waals surface area (Å²) in [6.07, 6.45) is 5.67. The lowest BCUT2D eigenvalue weighted by atomic mass is 9.83. The minimum Gasteiger partial charge on any atom is -0.481 e. The Morgan fingerprint density at radius 1 is 1.25 bits per heavy atom. The van der Waals surface area contributed by atoms with Crippen molar-refractivity contribution in [1.29, 1.82) is 0 Å². The fourth-order valence-electron chi connectivity index (χ4n) is 3.64. The molecule has 5 nitrogen and oxygen atoms in total. The molecule has 2 aliphatic rings. The predicted octanol–water partition coefficient (Wildman–Crippen LogP) is 1.53. The molecule has 1 aliphatic carbocycles. The minimum absolute atomic E-state index is 0.00695. The Labute approximate surface area is 121 Å². The summed E-state index contributed by atoms with van der Waals surface area (Å²) in [5, 5.41) is 9.01. The Bertz CT molecular complexity index is 440. The molecule has 1 saturated heterocycles. The molecule has 0 radical (unpaired) electrons. The molecule has 0 amide bonds. The second-order valence-corrected chi connectivity index (χ2v) is 8.42. The number of hydrogen-bond donors (Lipinski definition) is 1. The van der Waals surface area contributed by atoms with E-state index in [9.17, 15) is 13.2 Å². The van der Waals surface area contributed by atoms with E-state index < -0.39 is 15.8 Å². The molecule has 1 aliphatic heterocycles. The van der Waals surface area contributed by atoms with Gasteiger partial charge in [-0.25, -0.2) is 8.42 Å². The third kappa shape index (κ3) is 3.95. The van der Waals surface area contributed by atoms with E-state index >= 15 is 0 Å². The molecule has 0 aromatic heterocycles. The minimum atomic E-state index is -3.07. The fraction of sp³-hybridized carbons (Fsp3) is 0.929. The first-order chi connectivity index (χ1) is 9.41. The highest BCUT2D eigenvalue weighted by molar-refractivity contribution is 7.91. The van der Waals surface area contributed by atoms with Gasteiger partial charge in [0, 0.05) is 18.6 Å². The molecule has 1 heterocycles. The van der Waals surface area contributed by atoms with Crippen LogP contribution in [0, 0.1) is 5.92 Å². The first-order valence-corrected chi connectivity index (χ1v) is 9.41. The van der Waals surface area contributed by atoms with Gasteiger partial charge >= 0.3 is 5.97 Å². The average molecular weight is 303 g/mol. The fourth-order valence-corrected chi connectivity index (χ4v) is 5.19. The van der Waals surface area contributed by atoms with Crippen molar-refractivity contribution >= 4 is 15.8 Å². The molecule has 1 atom stereocenters. The van der Waals surface area contributed by atoms with E-state index in [4.69, 9.17) is 5.11 Å². The Hall–Kier alpha value is -0.620. The number of carboxylic acid groups (broad SMARTS) is 1. The van der Waals surface area contributed by atoms with Gasteiger partial charge in [-0.05, 0) is 31.6 Å². The maximum absolute atomic E-state index is 11.7. The van der Waals surface area contributed by atoms with Crippen LogP contribution < -0.4 is 0 Å². The van der Waals surface area contributed by atoms with E-state index in [0.29, 0.717) is 12.6 Å². The number of nitrogens with zero attached hydrogens (tertiary/aromatic N) is 1. The third-order valence-electron chi connectivity index (χ3n) is 4.85. The van der Waals surface area contributed by atoms with Crippen molar-refractivity contribution in [3.05, 3.63) is 0 Å². The lowest BCUT2D eigenvalue weighted by molar-refractivity contribution is -0.138. The number of carbonyl (C=O) groups is 1. The Balaban J connectivity index is 2.03. The van der Waals surface area contributed by atoms with Crippen molar-refractivity contribution < 1.29 is 18.3 Å². The summed E-state index contributed by atoms with van der Waals surface area (Å²) in [5.74, 6) is 0.0705. The summed E-state index contributed by atoms with van der Waals surface area (Å²) in [6, 6.07) is 0.0343. The van der Waals surface area contributed by atoms with Gasteiger partial charge < -0.3 is 5.11 Å². The second kappa shape index (κ2) is 6.43. The molecule has 0 bridgehead atoms. The first-order valence-electron chi connectivity index (χ1n) is 7.59. The van der Waals surface area contributed by atoms with Crippen LogP contribution in [0.4, 0.5) is 0 Å². The van der Waals surface area contributed by atoms with Crippen LogP contribution in [0.3, 0.4) is 0 Å². The van der Waals surface area contributed by atoms with Crippen molar-refractivity contribution in [3.63, 3.8) is 0 Å². The van der Waals surface area contributed by atoms with Crippen molar-refractivity contribution in [3.8, 4) is 0 Å². The molecule has 2 rings (SSSR count). The normalized spacial score (nSPS) is 34.8. The first kappa shape index (κ1) is 15.8. The van der Waals surface area contributed by atoms with E-state index in [1.165, 1.54) is 19.3 Å². The molecule has 2 fully saturated rings. The highest BCUT2D eigenvalue weighted by Gasteiger charge is 2.37. The van der Waals surface area contributed by atoms with Crippen molar-refractivity contribution in [2.75, 3.05) is 18.1 Å². The molecule has 0 aromatic carbocycles. The molecule has 0 aromatic rings. The Morgan fingerprint density at radius 3 is 2.45 bits per heavy atom. The number of aliphatic carboxylic acids is 1. The van der Waals surface area contributed by atoms with Gasteiger partial charge in [-0.2, -0.15) is 0 Å². The van der Waals surface area contributed by atoms with Crippen LogP contribution in [0.2, 0.25) is 0 Å². The van der Waals surface area contributed by atoms with Gasteiger partial charge in [0.25, 0.3) is 0 Å². The van der Waals surface area contributed by atoms with Gasteiger partial charge in [-0.1, -0.05) is 13.3 Å². The van der Waals surface area contributed by atoms with Crippen molar-refractivity contribution in [1.82, 2.24) is 4.90 Å². The second-order valence-electron chi connectivity index (χ2n) is 6.19. The molecule has 1 saturated carbocycles. The number of rotatable bonds is 4. The molecule has 0 spiro atoms. The van der Waals surface area contributed by atoms with E-state index in [1.54, 1.807) is 0 Å². The highest BCUT2D eigenvalue weighted by atomic mass is 32.2. The monoisotopic (exact) mass is 303 g/mol. The zero-order valence-corrected chi connectivity index (χ0v) is 12.9. The van der Waals surface area contributed by atoms with E-state index in [-0.39, 0.29) is 24.0 Å². The van der Waals surface area contributed by atoms with Crippen molar-refractivity contribution in [2.24, 2.45) is 5.92 Å². The summed E-state index contributed by atoms with van der Waals surface area (Å²) in [4.78, 5) is 13.2. The molecule has 116 valence electrons. The van der Waals surface area contributed by atoms with Crippen LogP contribution in [0.1, 0.15) is 45.4 Å². The predicted molar refractivity (Wildman–Crippen MR) is 77.4 cm³/mol. The van der Waals surface area contributed by atoms with Crippen LogP contribution in [0.15, 0.2) is 0 Å². The van der Waals surface area contributed by atoms with Crippen molar-refractivity contribution in [2.45, 2.75) is 57.5 Å². The maximum Gasteiger partial charge on any atom is 0.304 e. The standard InChI is InChI=1S/C14H25NO4S/c1-2-11-3-5-12(6-4-11)15-7-8-20(18,19)10-13(15)9-14(16)17/h11-13H,2-10H2,1H3,(H,16,17). The van der Waals surface area contributed by atoms with Crippen LogP contribution in [-0.4, -0.2) is 54.5 Å². The zero-order valence-electron chi connectivity index (χ0n) is 12.1. The average Bonchev–Trinajstić information content (AvgIpc) is 2.37. The largest absolute Gasteiger partial charge is 0.481 e. The third-order valence-corrected chi connectivity index (χ3v) is 6.55. The molecular formula is C14H25NO4S. The summed E-state index contributed by atoms with van der Waals surface area (Å²) in [6.45, 7) is 2.72. The summed E-state index contributed by atoms with van der Waals surface area (Å²) >= 11 is 0. The molecule has 1 unspecified atom stereocenters. The van der Waals surface area contributed by atoms with Gasteiger partial charge in [0.1, 0.15) is 0 Å². The van der Waals surface area contributed by atoms with Crippen LogP contribution in [0.5, 0.6) is 0 Å². The van der Waals surface area contributed by atoms with Gasteiger partial charge in [-0.15, -0.1) is 0 Å². The zero-order chi connectivity index (χ0) is 14.8. The van der Waals surface area contributed by atoms with Gasteiger partial charge in [0.05, 0.1) is 17.9 Å². The lowest BCUT2D eigenvalue weighted by Gasteiger charge is -2.43. The topological polar surface area (TPSA) is 74.7 Å². The Kier molecular flexibility index (Phi) is 5.07. The molecule has 1 N–H and O–H groups in total. The highest BCUT2D eigenvalue weighted by Crippen LogP contribution is 2.32. The molecule has 20 heavy (non-hydrogen) atoms. The Morgan fingerprint density at radius 2 is 1.90 bits per heavy atom.